The van der Waals surface area contributed by atoms with Crippen LogP contribution in [0.2, 0.25) is 0 Å². The lowest BCUT2D eigenvalue weighted by molar-refractivity contribution is 0.113. The van der Waals surface area contributed by atoms with Crippen molar-refractivity contribution in [3.8, 4) is 0 Å². The lowest BCUT2D eigenvalue weighted by Gasteiger charge is -2.22. The van der Waals surface area contributed by atoms with Gasteiger partial charge in [-0.2, -0.15) is 0 Å². The van der Waals surface area contributed by atoms with E-state index in [4.69, 9.17) is 14.2 Å². The molecule has 15 heavy (non-hydrogen) atoms. The number of hydrogen-bond donors (Lipinski definition) is 1. The molecule has 2 amide bonds. The summed E-state index contributed by atoms with van der Waals surface area (Å²) in [6, 6.07) is -0.175. The van der Waals surface area contributed by atoms with Crippen LogP contribution in [0.1, 0.15) is 0 Å². The predicted molar refractivity (Wildman–Crippen MR) is 55.7 cm³/mol. The highest BCUT2D eigenvalue weighted by Gasteiger charge is 2.11. The molecule has 0 rings (SSSR count). The molecule has 0 spiro atoms. The highest BCUT2D eigenvalue weighted by Crippen LogP contribution is 1.90. The van der Waals surface area contributed by atoms with Gasteiger partial charge in [0, 0.05) is 34.4 Å². The Morgan fingerprint density at radius 1 is 1.07 bits per heavy atom. The second-order valence-electron chi connectivity index (χ2n) is 2.89. The smallest absolute Gasteiger partial charge is 0.319 e. The fourth-order valence-electron chi connectivity index (χ4n) is 0.964. The number of nitrogens with one attached hydrogen (secondary N) is 1. The number of carbonyl (C=O) groups is 1. The van der Waals surface area contributed by atoms with Crippen molar-refractivity contribution in [1.82, 2.24) is 10.2 Å². The summed E-state index contributed by atoms with van der Waals surface area (Å²) in [6.45, 7) is 2.29. The molecule has 90 valence electrons. The molecule has 0 aliphatic heterocycles. The van der Waals surface area contributed by atoms with E-state index in [0.29, 0.717) is 26.3 Å². The van der Waals surface area contributed by atoms with Gasteiger partial charge in [-0.15, -0.1) is 0 Å². The van der Waals surface area contributed by atoms with Gasteiger partial charge in [-0.25, -0.2) is 4.79 Å². The molecule has 0 saturated carbocycles. The summed E-state index contributed by atoms with van der Waals surface area (Å²) in [5.41, 5.74) is 0. The van der Waals surface area contributed by atoms with E-state index in [2.05, 4.69) is 5.32 Å². The van der Waals surface area contributed by atoms with E-state index < -0.39 is 0 Å². The normalized spacial score (nSPS) is 10.1. The lowest BCUT2D eigenvalue weighted by Crippen LogP contribution is -2.43. The molecule has 0 aromatic rings. The van der Waals surface area contributed by atoms with E-state index in [1.807, 2.05) is 0 Å². The molecule has 0 unspecified atom stereocenters. The Morgan fingerprint density at radius 3 is 2.00 bits per heavy atom. The van der Waals surface area contributed by atoms with Crippen molar-refractivity contribution in [2.75, 3.05) is 54.4 Å². The average Bonchev–Trinajstić information content (AvgIpc) is 2.26. The first-order chi connectivity index (χ1) is 7.26. The van der Waals surface area contributed by atoms with Crippen LogP contribution in [-0.2, 0) is 14.2 Å². The van der Waals surface area contributed by atoms with E-state index in [9.17, 15) is 4.79 Å². The van der Waals surface area contributed by atoms with Crippen molar-refractivity contribution in [2.24, 2.45) is 0 Å². The van der Waals surface area contributed by atoms with Gasteiger partial charge < -0.3 is 24.4 Å². The van der Waals surface area contributed by atoms with Gasteiger partial charge in [-0.3, -0.25) is 0 Å². The molecular weight excluding hydrogens is 200 g/mol. The number of rotatable bonds is 8. The van der Waals surface area contributed by atoms with Crippen molar-refractivity contribution in [1.29, 1.82) is 0 Å². The van der Waals surface area contributed by atoms with Crippen LogP contribution in [0.3, 0.4) is 0 Å². The topological polar surface area (TPSA) is 60.0 Å². The van der Waals surface area contributed by atoms with E-state index in [-0.39, 0.29) is 12.8 Å². The number of urea groups is 1. The Bertz CT molecular complexity index is 158. The van der Waals surface area contributed by atoms with Gasteiger partial charge in [0.15, 0.2) is 0 Å². The molecular formula is C9H20N2O4. The molecule has 0 saturated heterocycles. The summed E-state index contributed by atoms with van der Waals surface area (Å²) >= 11 is 0. The zero-order valence-corrected chi connectivity index (χ0v) is 9.62. The molecule has 0 heterocycles. The van der Waals surface area contributed by atoms with Crippen molar-refractivity contribution >= 4 is 6.03 Å². The average molecular weight is 220 g/mol. The Hall–Kier alpha value is -0.850. The molecule has 0 aromatic carbocycles. The van der Waals surface area contributed by atoms with E-state index in [1.54, 1.807) is 19.1 Å². The predicted octanol–water partition coefficient (Wildman–Crippen LogP) is -0.105. The van der Waals surface area contributed by atoms with Gasteiger partial charge in [0.05, 0.1) is 13.2 Å². The zero-order chi connectivity index (χ0) is 11.5. The maximum absolute atomic E-state index is 11.5. The monoisotopic (exact) mass is 220 g/mol. The Morgan fingerprint density at radius 2 is 1.60 bits per heavy atom. The molecule has 0 atom stereocenters. The molecule has 0 fully saturated rings. The van der Waals surface area contributed by atoms with Crippen LogP contribution < -0.4 is 5.32 Å². The summed E-state index contributed by atoms with van der Waals surface area (Å²) in [6.07, 6.45) is 0. The second kappa shape index (κ2) is 9.70. The van der Waals surface area contributed by atoms with Crippen LogP contribution >= 0.6 is 0 Å². The van der Waals surface area contributed by atoms with E-state index in [1.165, 1.54) is 7.11 Å². The number of hydrogen-bond acceptors (Lipinski definition) is 4. The summed E-state index contributed by atoms with van der Waals surface area (Å²) in [4.78, 5) is 13.2. The Kier molecular flexibility index (Phi) is 9.15. The van der Waals surface area contributed by atoms with Crippen molar-refractivity contribution < 1.29 is 19.0 Å². The van der Waals surface area contributed by atoms with Gasteiger partial charge in [-0.05, 0) is 0 Å². The van der Waals surface area contributed by atoms with Crippen LogP contribution in [0.5, 0.6) is 0 Å². The van der Waals surface area contributed by atoms with Gasteiger partial charge in [0.25, 0.3) is 0 Å². The minimum atomic E-state index is -0.175. The van der Waals surface area contributed by atoms with Gasteiger partial charge in [0.1, 0.15) is 6.73 Å². The number of nitrogens with zero attached hydrogens (tertiary/aromatic N) is 1. The molecule has 0 aliphatic carbocycles. The fraction of sp³-hybridized carbons (Fsp3) is 0.889. The van der Waals surface area contributed by atoms with E-state index in [0.717, 1.165) is 0 Å². The largest absolute Gasteiger partial charge is 0.383 e. The van der Waals surface area contributed by atoms with Gasteiger partial charge in [-0.1, -0.05) is 0 Å². The first-order valence-electron chi connectivity index (χ1n) is 4.75. The molecule has 0 aliphatic rings. The van der Waals surface area contributed by atoms with Crippen LogP contribution in [0.4, 0.5) is 4.79 Å². The maximum Gasteiger partial charge on any atom is 0.319 e. The minimum absolute atomic E-state index is 0.175. The Balaban J connectivity index is 3.90. The summed E-state index contributed by atoms with van der Waals surface area (Å²) < 4.78 is 14.6. The molecule has 6 nitrogen and oxygen atoms in total. The third kappa shape index (κ3) is 7.12. The van der Waals surface area contributed by atoms with Gasteiger partial charge in [0.2, 0.25) is 0 Å². The number of carbonyl (C=O) groups excluding carboxylic acids is 1. The Labute approximate surface area is 90.5 Å². The molecule has 6 heteroatoms. The first kappa shape index (κ1) is 14.2. The summed E-state index contributed by atoms with van der Waals surface area (Å²) in [5.74, 6) is 0. The lowest BCUT2D eigenvalue weighted by atomic mass is 10.5. The standard InChI is InChI=1S/C9H20N2O4/c1-13-6-4-11(5-7-14-2)9(12)10-8-15-3/h4-8H2,1-3H3,(H,10,12). The van der Waals surface area contributed by atoms with Crippen LogP contribution in [0, 0.1) is 0 Å². The SMILES string of the molecule is COCCN(CCOC)C(=O)NCOC. The van der Waals surface area contributed by atoms with Gasteiger partial charge >= 0.3 is 6.03 Å². The fourth-order valence-corrected chi connectivity index (χ4v) is 0.964. The van der Waals surface area contributed by atoms with Crippen molar-refractivity contribution in [3.63, 3.8) is 0 Å². The zero-order valence-electron chi connectivity index (χ0n) is 9.62. The summed E-state index contributed by atoms with van der Waals surface area (Å²) in [5, 5.41) is 2.60. The van der Waals surface area contributed by atoms with Crippen LogP contribution in [0.15, 0.2) is 0 Å². The number of ether oxygens (including phenoxy) is 3. The molecule has 0 radical (unpaired) electrons. The van der Waals surface area contributed by atoms with Crippen molar-refractivity contribution in [2.45, 2.75) is 0 Å². The number of amides is 2. The number of methoxy groups -OCH3 is 3. The second-order valence-corrected chi connectivity index (χ2v) is 2.89. The molecule has 0 bridgehead atoms. The highest BCUT2D eigenvalue weighted by atomic mass is 16.5. The first-order valence-corrected chi connectivity index (χ1v) is 4.75. The van der Waals surface area contributed by atoms with Crippen LogP contribution in [-0.4, -0.2) is 65.3 Å². The van der Waals surface area contributed by atoms with Crippen LogP contribution in [0.25, 0.3) is 0 Å². The molecule has 0 aromatic heterocycles. The minimum Gasteiger partial charge on any atom is -0.383 e. The van der Waals surface area contributed by atoms with E-state index >= 15 is 0 Å². The molecule has 1 N–H and O–H groups in total. The third-order valence-electron chi connectivity index (χ3n) is 1.79. The summed E-state index contributed by atoms with van der Waals surface area (Å²) in [7, 11) is 4.72. The third-order valence-corrected chi connectivity index (χ3v) is 1.79. The quantitative estimate of drug-likeness (QED) is 0.580. The van der Waals surface area contributed by atoms with Crippen molar-refractivity contribution in [3.05, 3.63) is 0 Å². The maximum atomic E-state index is 11.5. The highest BCUT2D eigenvalue weighted by molar-refractivity contribution is 5.73.